The molecule has 2 heteroatoms. The summed E-state index contributed by atoms with van der Waals surface area (Å²) in [6.07, 6.45) is 4.59. The fourth-order valence-corrected chi connectivity index (χ4v) is 5.04. The summed E-state index contributed by atoms with van der Waals surface area (Å²) in [6, 6.07) is 39.3. The summed E-state index contributed by atoms with van der Waals surface area (Å²) in [5.41, 5.74) is 9.82. The minimum atomic E-state index is 0.989. The zero-order valence-corrected chi connectivity index (χ0v) is 23.3. The predicted molar refractivity (Wildman–Crippen MR) is 167 cm³/mol. The molecule has 0 aliphatic heterocycles. The van der Waals surface area contributed by atoms with Crippen molar-refractivity contribution in [3.8, 4) is 0 Å². The summed E-state index contributed by atoms with van der Waals surface area (Å²) in [5.74, 6) is 0. The first-order valence-electron chi connectivity index (χ1n) is 13.9. The van der Waals surface area contributed by atoms with Gasteiger partial charge in [-0.2, -0.15) is 0 Å². The third-order valence-electron chi connectivity index (χ3n) is 7.16. The molecule has 0 aromatic heterocycles. The maximum absolute atomic E-state index is 2.41. The maximum atomic E-state index is 2.41. The van der Waals surface area contributed by atoms with Gasteiger partial charge in [0.2, 0.25) is 0 Å². The Labute approximate surface area is 229 Å². The summed E-state index contributed by atoms with van der Waals surface area (Å²) in [5, 5.41) is 0. The third kappa shape index (κ3) is 6.44. The number of anilines is 2. The normalized spacial score (nSPS) is 10.5. The van der Waals surface area contributed by atoms with Gasteiger partial charge in [-0.25, -0.2) is 0 Å². The molecule has 4 aromatic carbocycles. The van der Waals surface area contributed by atoms with Crippen LogP contribution in [0.5, 0.6) is 0 Å². The van der Waals surface area contributed by atoms with Crippen molar-refractivity contribution < 1.29 is 0 Å². The highest BCUT2D eigenvalue weighted by atomic mass is 15.1. The van der Waals surface area contributed by atoms with Crippen molar-refractivity contribution in [2.45, 2.75) is 27.7 Å². The third-order valence-corrected chi connectivity index (χ3v) is 7.16. The Morgan fingerprint density at radius 1 is 0.447 bits per heavy atom. The van der Waals surface area contributed by atoms with E-state index in [4.69, 9.17) is 0 Å². The first-order valence-corrected chi connectivity index (χ1v) is 13.9. The molecule has 0 aliphatic rings. The van der Waals surface area contributed by atoms with Gasteiger partial charge < -0.3 is 9.80 Å². The molecule has 0 amide bonds. The summed E-state index contributed by atoms with van der Waals surface area (Å²) < 4.78 is 0. The lowest BCUT2D eigenvalue weighted by molar-refractivity contribution is 0.865. The number of rotatable bonds is 11. The maximum Gasteiger partial charge on any atom is 0.0372 e. The molecule has 0 bridgehead atoms. The Kier molecular flexibility index (Phi) is 9.59. The molecule has 0 aliphatic carbocycles. The molecule has 0 saturated carbocycles. The van der Waals surface area contributed by atoms with Gasteiger partial charge in [-0.3, -0.25) is 0 Å². The first kappa shape index (κ1) is 27.0. The summed E-state index contributed by atoms with van der Waals surface area (Å²) in [7, 11) is 0. The number of allylic oxidation sites excluding steroid dienone is 2. The molecule has 0 saturated heterocycles. The molecule has 194 valence electrons. The minimum absolute atomic E-state index is 0.989. The second-order valence-corrected chi connectivity index (χ2v) is 9.34. The molecule has 4 rings (SSSR count). The van der Waals surface area contributed by atoms with Crippen LogP contribution in [0.4, 0.5) is 11.4 Å². The number of hydrogen-bond donors (Lipinski definition) is 0. The van der Waals surface area contributed by atoms with Crippen molar-refractivity contribution in [1.29, 1.82) is 0 Å². The van der Waals surface area contributed by atoms with Gasteiger partial charge in [0.25, 0.3) is 0 Å². The smallest absolute Gasteiger partial charge is 0.0372 e. The second-order valence-electron chi connectivity index (χ2n) is 9.34. The Morgan fingerprint density at radius 3 is 1.16 bits per heavy atom. The highest BCUT2D eigenvalue weighted by molar-refractivity contribution is 5.87. The Morgan fingerprint density at radius 2 is 0.789 bits per heavy atom. The van der Waals surface area contributed by atoms with Gasteiger partial charge in [0, 0.05) is 37.6 Å². The van der Waals surface area contributed by atoms with Crippen LogP contribution in [0.15, 0.2) is 121 Å². The Hall–Kier alpha value is -4.04. The SMILES string of the molecule is CCN(CC)c1cccc(C(=CC=C(c2ccccc2)c2ccccc2)c2cccc(N(CC)CC)c2)c1. The van der Waals surface area contributed by atoms with Crippen LogP contribution in [-0.4, -0.2) is 26.2 Å². The van der Waals surface area contributed by atoms with Gasteiger partial charge in [-0.1, -0.05) is 97.1 Å². The molecular weight excluding hydrogens is 460 g/mol. The van der Waals surface area contributed by atoms with Crippen LogP contribution in [0.1, 0.15) is 49.9 Å². The quantitative estimate of drug-likeness (QED) is 0.190. The summed E-state index contributed by atoms with van der Waals surface area (Å²) >= 11 is 0. The van der Waals surface area contributed by atoms with E-state index >= 15 is 0 Å². The largest absolute Gasteiger partial charge is 0.372 e. The van der Waals surface area contributed by atoms with Crippen molar-refractivity contribution in [2.24, 2.45) is 0 Å². The predicted octanol–water partition coefficient (Wildman–Crippen LogP) is 8.94. The molecule has 0 radical (unpaired) electrons. The van der Waals surface area contributed by atoms with Crippen molar-refractivity contribution in [2.75, 3.05) is 36.0 Å². The van der Waals surface area contributed by atoms with Crippen LogP contribution in [0.3, 0.4) is 0 Å². The van der Waals surface area contributed by atoms with E-state index in [-0.39, 0.29) is 0 Å². The standard InChI is InChI=1S/C36H40N2/c1-5-37(6-2)33-23-15-21-31(27-33)36(32-22-16-24-34(28-32)38(7-3)8-4)26-25-35(29-17-11-9-12-18-29)30-19-13-10-14-20-30/h9-28H,5-8H2,1-4H3. The fraction of sp³-hybridized carbons (Fsp3) is 0.222. The molecule has 0 spiro atoms. The Balaban J connectivity index is 1.91. The second kappa shape index (κ2) is 13.5. The van der Waals surface area contributed by atoms with Crippen molar-refractivity contribution in [3.05, 3.63) is 144 Å². The average Bonchev–Trinajstić information content (AvgIpc) is 2.98. The lowest BCUT2D eigenvalue weighted by atomic mass is 9.93. The number of benzene rings is 4. The van der Waals surface area contributed by atoms with Gasteiger partial charge in [0.15, 0.2) is 0 Å². The van der Waals surface area contributed by atoms with E-state index in [1.54, 1.807) is 0 Å². The van der Waals surface area contributed by atoms with E-state index in [1.807, 2.05) is 0 Å². The van der Waals surface area contributed by atoms with Crippen LogP contribution in [0.25, 0.3) is 11.1 Å². The van der Waals surface area contributed by atoms with Gasteiger partial charge in [-0.05, 0) is 85.4 Å². The minimum Gasteiger partial charge on any atom is -0.372 e. The van der Waals surface area contributed by atoms with Crippen LogP contribution in [-0.2, 0) is 0 Å². The van der Waals surface area contributed by atoms with E-state index in [2.05, 4.69) is 159 Å². The Bertz CT molecular complexity index is 1250. The van der Waals surface area contributed by atoms with E-state index < -0.39 is 0 Å². The molecule has 38 heavy (non-hydrogen) atoms. The molecule has 2 nitrogen and oxygen atoms in total. The van der Waals surface area contributed by atoms with Crippen molar-refractivity contribution in [1.82, 2.24) is 0 Å². The van der Waals surface area contributed by atoms with E-state index in [9.17, 15) is 0 Å². The highest BCUT2D eigenvalue weighted by Gasteiger charge is 2.11. The summed E-state index contributed by atoms with van der Waals surface area (Å²) in [6.45, 7) is 12.8. The molecule has 0 heterocycles. The molecule has 0 unspecified atom stereocenters. The number of nitrogens with zero attached hydrogens (tertiary/aromatic N) is 2. The van der Waals surface area contributed by atoms with Crippen LogP contribution in [0, 0.1) is 0 Å². The lowest BCUT2D eigenvalue weighted by Gasteiger charge is -2.23. The van der Waals surface area contributed by atoms with E-state index in [0.717, 1.165) is 26.2 Å². The van der Waals surface area contributed by atoms with E-state index in [0.29, 0.717) is 0 Å². The van der Waals surface area contributed by atoms with Crippen molar-refractivity contribution in [3.63, 3.8) is 0 Å². The molecule has 0 fully saturated rings. The van der Waals surface area contributed by atoms with Gasteiger partial charge >= 0.3 is 0 Å². The van der Waals surface area contributed by atoms with Gasteiger partial charge in [0.05, 0.1) is 0 Å². The van der Waals surface area contributed by atoms with Gasteiger partial charge in [-0.15, -0.1) is 0 Å². The molecule has 0 N–H and O–H groups in total. The van der Waals surface area contributed by atoms with Crippen LogP contribution in [0.2, 0.25) is 0 Å². The van der Waals surface area contributed by atoms with Crippen LogP contribution < -0.4 is 9.80 Å². The van der Waals surface area contributed by atoms with Crippen molar-refractivity contribution >= 4 is 22.5 Å². The zero-order chi connectivity index (χ0) is 26.7. The lowest BCUT2D eigenvalue weighted by Crippen LogP contribution is -2.22. The first-order chi connectivity index (χ1) is 18.7. The monoisotopic (exact) mass is 500 g/mol. The van der Waals surface area contributed by atoms with E-state index in [1.165, 1.54) is 44.8 Å². The topological polar surface area (TPSA) is 6.48 Å². The summed E-state index contributed by atoms with van der Waals surface area (Å²) in [4.78, 5) is 4.81. The highest BCUT2D eigenvalue weighted by Crippen LogP contribution is 2.31. The molecular formula is C36H40N2. The molecule has 0 atom stereocenters. The zero-order valence-electron chi connectivity index (χ0n) is 23.3. The van der Waals surface area contributed by atoms with Crippen LogP contribution >= 0.6 is 0 Å². The fourth-order valence-electron chi connectivity index (χ4n) is 5.04. The average molecular weight is 501 g/mol. The van der Waals surface area contributed by atoms with Gasteiger partial charge in [0.1, 0.15) is 0 Å². The number of hydrogen-bond acceptors (Lipinski definition) is 2. The molecule has 4 aromatic rings.